The topological polar surface area (TPSA) is 76.7 Å². The molecule has 22 heavy (non-hydrogen) atoms. The van der Waals surface area contributed by atoms with Gasteiger partial charge in [-0.15, -0.1) is 0 Å². The van der Waals surface area contributed by atoms with Crippen LogP contribution in [0, 0.1) is 0 Å². The van der Waals surface area contributed by atoms with Gasteiger partial charge in [0.15, 0.2) is 0 Å². The summed E-state index contributed by atoms with van der Waals surface area (Å²) in [7, 11) is 3.00. The molecule has 0 aromatic heterocycles. The van der Waals surface area contributed by atoms with Gasteiger partial charge in [-0.25, -0.2) is 0 Å². The molecule has 1 rings (SSSR count). The smallest absolute Gasteiger partial charge is 0.251 e. The van der Waals surface area contributed by atoms with E-state index in [-0.39, 0.29) is 23.9 Å². The van der Waals surface area contributed by atoms with Crippen LogP contribution in [0.2, 0.25) is 0 Å². The molecule has 0 aliphatic carbocycles. The summed E-state index contributed by atoms with van der Waals surface area (Å²) >= 11 is 3.33. The van der Waals surface area contributed by atoms with Gasteiger partial charge in [0.05, 0.1) is 20.8 Å². The van der Waals surface area contributed by atoms with Crippen molar-refractivity contribution >= 4 is 27.7 Å². The van der Waals surface area contributed by atoms with E-state index in [1.807, 2.05) is 20.8 Å². The molecular weight excluding hydrogens is 352 g/mol. The molecular formula is C15H21BrN2O4. The Balaban J connectivity index is 2.80. The fourth-order valence-electron chi connectivity index (χ4n) is 1.73. The minimum Gasteiger partial charge on any atom is -0.495 e. The first kappa shape index (κ1) is 18.3. The summed E-state index contributed by atoms with van der Waals surface area (Å²) in [6, 6.07) is 3.15. The van der Waals surface area contributed by atoms with Gasteiger partial charge in [-0.2, -0.15) is 0 Å². The minimum absolute atomic E-state index is 0.100. The second-order valence-electron chi connectivity index (χ2n) is 5.68. The van der Waals surface area contributed by atoms with E-state index in [0.29, 0.717) is 21.5 Å². The van der Waals surface area contributed by atoms with Gasteiger partial charge in [0.1, 0.15) is 16.0 Å². The molecule has 7 heteroatoms. The highest BCUT2D eigenvalue weighted by Gasteiger charge is 2.17. The Bertz CT molecular complexity index is 542. The molecule has 0 saturated carbocycles. The number of ether oxygens (including phenoxy) is 2. The van der Waals surface area contributed by atoms with Crippen molar-refractivity contribution in [1.29, 1.82) is 0 Å². The third-order valence-corrected chi connectivity index (χ3v) is 3.41. The van der Waals surface area contributed by atoms with Crippen LogP contribution in [0.3, 0.4) is 0 Å². The lowest BCUT2D eigenvalue weighted by Gasteiger charge is -2.20. The summed E-state index contributed by atoms with van der Waals surface area (Å²) in [5.74, 6) is 0.317. The summed E-state index contributed by atoms with van der Waals surface area (Å²) in [5, 5.41) is 5.34. The number of carbonyl (C=O) groups excluding carboxylic acids is 2. The number of hydrogen-bond donors (Lipinski definition) is 2. The third kappa shape index (κ3) is 5.22. The van der Waals surface area contributed by atoms with Gasteiger partial charge >= 0.3 is 0 Å². The summed E-state index contributed by atoms with van der Waals surface area (Å²) in [6.45, 7) is 5.52. The lowest BCUT2D eigenvalue weighted by atomic mass is 10.1. The molecule has 0 aliphatic heterocycles. The Morgan fingerprint density at radius 1 is 1.14 bits per heavy atom. The molecule has 0 radical (unpaired) electrons. The number of amides is 2. The Labute approximate surface area is 138 Å². The van der Waals surface area contributed by atoms with Crippen LogP contribution in [-0.4, -0.2) is 38.1 Å². The highest BCUT2D eigenvalue weighted by atomic mass is 79.9. The average Bonchev–Trinajstić information content (AvgIpc) is 2.43. The number of nitrogens with one attached hydrogen (secondary N) is 2. The fourth-order valence-corrected chi connectivity index (χ4v) is 2.28. The lowest BCUT2D eigenvalue weighted by Crippen LogP contribution is -2.45. The van der Waals surface area contributed by atoms with E-state index in [9.17, 15) is 9.59 Å². The second-order valence-corrected chi connectivity index (χ2v) is 6.47. The maximum atomic E-state index is 12.1. The molecule has 0 fully saturated rings. The molecule has 6 nitrogen and oxygen atoms in total. The standard InChI is InChI=1S/C15H21BrN2O4/c1-15(2,3)18-12(19)8-17-14(20)9-6-10(21-4)13(16)11(7-9)22-5/h6-7H,8H2,1-5H3,(H,17,20)(H,18,19). The van der Waals surface area contributed by atoms with Gasteiger partial charge in [0.25, 0.3) is 5.91 Å². The molecule has 1 aromatic rings. The van der Waals surface area contributed by atoms with Crippen molar-refractivity contribution in [2.24, 2.45) is 0 Å². The van der Waals surface area contributed by atoms with Crippen LogP contribution in [0.5, 0.6) is 11.5 Å². The zero-order valence-electron chi connectivity index (χ0n) is 13.4. The fraction of sp³-hybridized carbons (Fsp3) is 0.467. The van der Waals surface area contributed by atoms with Crippen LogP contribution >= 0.6 is 15.9 Å². The summed E-state index contributed by atoms with van der Waals surface area (Å²) < 4.78 is 11.0. The summed E-state index contributed by atoms with van der Waals surface area (Å²) in [6.07, 6.45) is 0. The first-order valence-electron chi connectivity index (χ1n) is 6.68. The predicted octanol–water partition coefficient (Wildman–Crippen LogP) is 2.11. The average molecular weight is 373 g/mol. The van der Waals surface area contributed by atoms with Crippen LogP contribution in [0.15, 0.2) is 16.6 Å². The van der Waals surface area contributed by atoms with E-state index in [1.54, 1.807) is 12.1 Å². The molecule has 2 amide bonds. The van der Waals surface area contributed by atoms with E-state index in [1.165, 1.54) is 14.2 Å². The van der Waals surface area contributed by atoms with E-state index < -0.39 is 0 Å². The second kappa shape index (κ2) is 7.49. The van der Waals surface area contributed by atoms with Crippen molar-refractivity contribution in [1.82, 2.24) is 10.6 Å². The van der Waals surface area contributed by atoms with Gasteiger partial charge < -0.3 is 20.1 Å². The van der Waals surface area contributed by atoms with Crippen molar-refractivity contribution in [3.63, 3.8) is 0 Å². The van der Waals surface area contributed by atoms with Crippen molar-refractivity contribution in [3.05, 3.63) is 22.2 Å². The lowest BCUT2D eigenvalue weighted by molar-refractivity contribution is -0.121. The number of halogens is 1. The van der Waals surface area contributed by atoms with E-state index >= 15 is 0 Å². The number of hydrogen-bond acceptors (Lipinski definition) is 4. The number of methoxy groups -OCH3 is 2. The molecule has 0 bridgehead atoms. The zero-order chi connectivity index (χ0) is 16.9. The van der Waals surface area contributed by atoms with Gasteiger partial charge in [-0.05, 0) is 48.8 Å². The van der Waals surface area contributed by atoms with Crippen molar-refractivity contribution in [2.45, 2.75) is 26.3 Å². The SMILES string of the molecule is COc1cc(C(=O)NCC(=O)NC(C)(C)C)cc(OC)c1Br. The summed E-state index contributed by atoms with van der Waals surface area (Å²) in [5.41, 5.74) is 0.00624. The third-order valence-electron chi connectivity index (χ3n) is 2.63. The highest BCUT2D eigenvalue weighted by molar-refractivity contribution is 9.10. The van der Waals surface area contributed by atoms with Crippen LogP contribution in [-0.2, 0) is 4.79 Å². The van der Waals surface area contributed by atoms with Crippen LogP contribution < -0.4 is 20.1 Å². The Morgan fingerprint density at radius 3 is 2.05 bits per heavy atom. The minimum atomic E-state index is -0.381. The van der Waals surface area contributed by atoms with Crippen molar-refractivity contribution < 1.29 is 19.1 Å². The maximum absolute atomic E-state index is 12.1. The molecule has 0 atom stereocenters. The van der Waals surface area contributed by atoms with Crippen LogP contribution in [0.25, 0.3) is 0 Å². The maximum Gasteiger partial charge on any atom is 0.251 e. The van der Waals surface area contributed by atoms with Crippen LogP contribution in [0.1, 0.15) is 31.1 Å². The Kier molecular flexibility index (Phi) is 6.22. The Morgan fingerprint density at radius 2 is 1.64 bits per heavy atom. The molecule has 122 valence electrons. The normalized spacial score (nSPS) is 10.8. The van der Waals surface area contributed by atoms with Gasteiger partial charge in [0.2, 0.25) is 5.91 Å². The van der Waals surface area contributed by atoms with Gasteiger partial charge in [-0.1, -0.05) is 0 Å². The monoisotopic (exact) mass is 372 g/mol. The summed E-state index contributed by atoms with van der Waals surface area (Å²) in [4.78, 5) is 23.9. The highest BCUT2D eigenvalue weighted by Crippen LogP contribution is 2.35. The molecule has 0 heterocycles. The van der Waals surface area contributed by atoms with E-state index in [2.05, 4.69) is 26.6 Å². The molecule has 0 aliphatic rings. The first-order valence-corrected chi connectivity index (χ1v) is 7.48. The number of benzene rings is 1. The molecule has 0 spiro atoms. The first-order chi connectivity index (χ1) is 10.2. The zero-order valence-corrected chi connectivity index (χ0v) is 15.0. The quantitative estimate of drug-likeness (QED) is 0.829. The van der Waals surface area contributed by atoms with Gasteiger partial charge in [-0.3, -0.25) is 9.59 Å². The molecule has 0 saturated heterocycles. The number of carbonyl (C=O) groups is 2. The molecule has 0 unspecified atom stereocenters. The Hall–Kier alpha value is -1.76. The number of rotatable bonds is 5. The molecule has 1 aromatic carbocycles. The predicted molar refractivity (Wildman–Crippen MR) is 87.5 cm³/mol. The largest absolute Gasteiger partial charge is 0.495 e. The molecule has 2 N–H and O–H groups in total. The van der Waals surface area contributed by atoms with Gasteiger partial charge in [0, 0.05) is 11.1 Å². The van der Waals surface area contributed by atoms with Crippen molar-refractivity contribution in [2.75, 3.05) is 20.8 Å². The van der Waals surface area contributed by atoms with E-state index in [4.69, 9.17) is 9.47 Å². The van der Waals surface area contributed by atoms with E-state index in [0.717, 1.165) is 0 Å². The van der Waals surface area contributed by atoms with Crippen molar-refractivity contribution in [3.8, 4) is 11.5 Å². The van der Waals surface area contributed by atoms with Crippen LogP contribution in [0.4, 0.5) is 0 Å².